The van der Waals surface area contributed by atoms with Crippen molar-refractivity contribution in [3.05, 3.63) is 41.2 Å². The van der Waals surface area contributed by atoms with Crippen LogP contribution in [0.4, 0.5) is 0 Å². The van der Waals surface area contributed by atoms with Crippen LogP contribution in [0.3, 0.4) is 0 Å². The van der Waals surface area contributed by atoms with Crippen LogP contribution in [0.25, 0.3) is 11.4 Å². The van der Waals surface area contributed by atoms with Crippen LogP contribution in [-0.4, -0.2) is 16.6 Å². The van der Waals surface area contributed by atoms with Gasteiger partial charge in [0.15, 0.2) is 5.82 Å². The van der Waals surface area contributed by atoms with E-state index in [1.54, 1.807) is 0 Å². The Morgan fingerprint density at radius 3 is 3.00 bits per heavy atom. The highest BCUT2D eigenvalue weighted by molar-refractivity contribution is 5.59. The Hall–Kier alpha value is -1.94. The molecule has 2 heterocycles. The van der Waals surface area contributed by atoms with Crippen LogP contribution < -0.4 is 10.5 Å². The predicted octanol–water partition coefficient (Wildman–Crippen LogP) is 1.85. The summed E-state index contributed by atoms with van der Waals surface area (Å²) in [5, 5.41) is 0. The van der Waals surface area contributed by atoms with Gasteiger partial charge >= 0.3 is 0 Å². The molecule has 1 aliphatic heterocycles. The summed E-state index contributed by atoms with van der Waals surface area (Å²) in [5.41, 5.74) is 9.71. The molecule has 0 bridgehead atoms. The molecule has 4 heteroatoms. The Kier molecular flexibility index (Phi) is 2.72. The molecule has 2 N–H and O–H groups in total. The summed E-state index contributed by atoms with van der Waals surface area (Å²) in [6, 6.07) is 8.02. The van der Waals surface area contributed by atoms with Gasteiger partial charge in [-0.15, -0.1) is 0 Å². The number of nitrogens with two attached hydrogens (primary N) is 1. The van der Waals surface area contributed by atoms with E-state index in [0.717, 1.165) is 41.6 Å². The quantitative estimate of drug-likeness (QED) is 0.871. The smallest absolute Gasteiger partial charge is 0.159 e. The second kappa shape index (κ2) is 4.38. The van der Waals surface area contributed by atoms with E-state index in [0.29, 0.717) is 6.54 Å². The van der Waals surface area contributed by atoms with Crippen LogP contribution in [0.2, 0.25) is 0 Å². The Labute approximate surface area is 106 Å². The zero-order valence-electron chi connectivity index (χ0n) is 10.3. The van der Waals surface area contributed by atoms with Gasteiger partial charge in [0, 0.05) is 24.2 Å². The van der Waals surface area contributed by atoms with Gasteiger partial charge in [0.05, 0.1) is 12.3 Å². The fraction of sp³-hybridized carbons (Fsp3) is 0.286. The molecule has 0 radical (unpaired) electrons. The molecule has 92 valence electrons. The molecule has 0 unspecified atom stereocenters. The van der Waals surface area contributed by atoms with Crippen molar-refractivity contribution in [3.63, 3.8) is 0 Å². The summed E-state index contributed by atoms with van der Waals surface area (Å²) in [5.74, 6) is 1.72. The van der Waals surface area contributed by atoms with Gasteiger partial charge in [-0.1, -0.05) is 0 Å². The van der Waals surface area contributed by atoms with Gasteiger partial charge in [-0.3, -0.25) is 0 Å². The van der Waals surface area contributed by atoms with Crippen LogP contribution in [0.15, 0.2) is 24.3 Å². The van der Waals surface area contributed by atoms with E-state index < -0.39 is 0 Å². The van der Waals surface area contributed by atoms with E-state index in [-0.39, 0.29) is 0 Å². The van der Waals surface area contributed by atoms with Crippen molar-refractivity contribution in [2.24, 2.45) is 5.73 Å². The third-order valence-electron chi connectivity index (χ3n) is 3.06. The molecule has 0 spiro atoms. The van der Waals surface area contributed by atoms with Crippen molar-refractivity contribution in [1.29, 1.82) is 0 Å². The molecule has 0 saturated carbocycles. The summed E-state index contributed by atoms with van der Waals surface area (Å²) < 4.78 is 5.50. The van der Waals surface area contributed by atoms with Crippen LogP contribution in [-0.2, 0) is 13.0 Å². The highest BCUT2D eigenvalue weighted by Gasteiger charge is 2.14. The minimum absolute atomic E-state index is 0.435. The fourth-order valence-electron chi connectivity index (χ4n) is 2.19. The van der Waals surface area contributed by atoms with Gasteiger partial charge in [0.25, 0.3) is 0 Å². The molecule has 1 aromatic heterocycles. The van der Waals surface area contributed by atoms with Crippen LogP contribution in [0.5, 0.6) is 5.75 Å². The second-order valence-corrected chi connectivity index (χ2v) is 4.45. The SMILES string of the molecule is Cc1cc(CN)nc(-c2ccc3c(c2)CCO3)n1. The van der Waals surface area contributed by atoms with Crippen molar-refractivity contribution >= 4 is 0 Å². The first-order chi connectivity index (χ1) is 8.76. The monoisotopic (exact) mass is 241 g/mol. The summed E-state index contributed by atoms with van der Waals surface area (Å²) >= 11 is 0. The zero-order chi connectivity index (χ0) is 12.5. The average molecular weight is 241 g/mol. The minimum Gasteiger partial charge on any atom is -0.493 e. The van der Waals surface area contributed by atoms with E-state index >= 15 is 0 Å². The number of fused-ring (bicyclic) bond motifs is 1. The van der Waals surface area contributed by atoms with Crippen molar-refractivity contribution < 1.29 is 4.74 Å². The van der Waals surface area contributed by atoms with Crippen molar-refractivity contribution in [2.75, 3.05) is 6.61 Å². The molecule has 3 rings (SSSR count). The first-order valence-electron chi connectivity index (χ1n) is 6.07. The fourth-order valence-corrected chi connectivity index (χ4v) is 2.19. The number of ether oxygens (including phenoxy) is 1. The second-order valence-electron chi connectivity index (χ2n) is 4.45. The predicted molar refractivity (Wildman–Crippen MR) is 69.3 cm³/mol. The maximum atomic E-state index is 5.65. The molecule has 0 atom stereocenters. The molecular formula is C14H15N3O. The summed E-state index contributed by atoms with van der Waals surface area (Å²) in [6.07, 6.45) is 0.957. The number of nitrogens with zero attached hydrogens (tertiary/aromatic N) is 2. The standard InChI is InChI=1S/C14H15N3O/c1-9-6-12(8-15)17-14(16-9)11-2-3-13-10(7-11)4-5-18-13/h2-3,6-7H,4-5,8,15H2,1H3. The molecule has 0 saturated heterocycles. The number of benzene rings is 1. The van der Waals surface area contributed by atoms with Gasteiger partial charge in [-0.05, 0) is 36.8 Å². The zero-order valence-corrected chi connectivity index (χ0v) is 10.3. The third-order valence-corrected chi connectivity index (χ3v) is 3.06. The summed E-state index contributed by atoms with van der Waals surface area (Å²) in [4.78, 5) is 8.94. The third kappa shape index (κ3) is 1.95. The largest absolute Gasteiger partial charge is 0.493 e. The molecule has 0 aliphatic carbocycles. The number of aromatic nitrogens is 2. The first-order valence-corrected chi connectivity index (χ1v) is 6.07. The van der Waals surface area contributed by atoms with Gasteiger partial charge in [-0.2, -0.15) is 0 Å². The molecule has 18 heavy (non-hydrogen) atoms. The van der Waals surface area contributed by atoms with Crippen molar-refractivity contribution in [3.8, 4) is 17.1 Å². The van der Waals surface area contributed by atoms with Gasteiger partial charge in [-0.25, -0.2) is 9.97 Å². The van der Waals surface area contributed by atoms with Gasteiger partial charge in [0.2, 0.25) is 0 Å². The van der Waals surface area contributed by atoms with Crippen molar-refractivity contribution in [1.82, 2.24) is 9.97 Å². The lowest BCUT2D eigenvalue weighted by Gasteiger charge is -2.06. The normalized spacial score (nSPS) is 13.2. The van der Waals surface area contributed by atoms with E-state index in [1.807, 2.05) is 25.1 Å². The maximum absolute atomic E-state index is 5.65. The molecular weight excluding hydrogens is 226 g/mol. The molecule has 2 aromatic rings. The van der Waals surface area contributed by atoms with Crippen LogP contribution >= 0.6 is 0 Å². The lowest BCUT2D eigenvalue weighted by atomic mass is 10.1. The van der Waals surface area contributed by atoms with Crippen LogP contribution in [0.1, 0.15) is 17.0 Å². The topological polar surface area (TPSA) is 61.0 Å². The minimum atomic E-state index is 0.435. The molecule has 1 aliphatic rings. The van der Waals surface area contributed by atoms with E-state index in [4.69, 9.17) is 10.5 Å². The highest BCUT2D eigenvalue weighted by Crippen LogP contribution is 2.29. The summed E-state index contributed by atoms with van der Waals surface area (Å²) in [7, 11) is 0. The van der Waals surface area contributed by atoms with E-state index in [2.05, 4.69) is 16.0 Å². The average Bonchev–Trinajstić information content (AvgIpc) is 2.85. The Morgan fingerprint density at radius 2 is 2.17 bits per heavy atom. The first kappa shape index (κ1) is 11.2. The van der Waals surface area contributed by atoms with E-state index in [9.17, 15) is 0 Å². The molecule has 4 nitrogen and oxygen atoms in total. The van der Waals surface area contributed by atoms with Gasteiger partial charge < -0.3 is 10.5 Å². The number of hydrogen-bond acceptors (Lipinski definition) is 4. The molecule has 1 aromatic carbocycles. The lowest BCUT2D eigenvalue weighted by Crippen LogP contribution is -2.03. The number of rotatable bonds is 2. The van der Waals surface area contributed by atoms with Crippen molar-refractivity contribution in [2.45, 2.75) is 19.9 Å². The molecule has 0 amide bonds. The Bertz CT molecular complexity index is 596. The lowest BCUT2D eigenvalue weighted by molar-refractivity contribution is 0.357. The van der Waals surface area contributed by atoms with Gasteiger partial charge in [0.1, 0.15) is 5.75 Å². The maximum Gasteiger partial charge on any atom is 0.159 e. The summed E-state index contributed by atoms with van der Waals surface area (Å²) in [6.45, 7) is 3.16. The Morgan fingerprint density at radius 1 is 1.28 bits per heavy atom. The number of hydrogen-bond donors (Lipinski definition) is 1. The highest BCUT2D eigenvalue weighted by atomic mass is 16.5. The molecule has 0 fully saturated rings. The van der Waals surface area contributed by atoms with Crippen LogP contribution in [0, 0.1) is 6.92 Å². The Balaban J connectivity index is 2.06. The van der Waals surface area contributed by atoms with E-state index in [1.165, 1.54) is 5.56 Å². The number of aryl methyl sites for hydroxylation is 1.